The summed E-state index contributed by atoms with van der Waals surface area (Å²) >= 11 is 0. The summed E-state index contributed by atoms with van der Waals surface area (Å²) in [4.78, 5) is 0. The molecule has 3 atom stereocenters. The van der Waals surface area contributed by atoms with Gasteiger partial charge in [-0.2, -0.15) is 0 Å². The molecular weight excluding hydrogens is 160 g/mol. The SMILES string of the molecule is CO[C@@H](CO)C[C@H](O)[C@@H](C)OC. The zero-order chi connectivity index (χ0) is 9.56. The van der Waals surface area contributed by atoms with Crippen LogP contribution in [-0.4, -0.2) is 49.4 Å². The summed E-state index contributed by atoms with van der Waals surface area (Å²) < 4.78 is 9.81. The number of hydrogen-bond donors (Lipinski definition) is 2. The molecule has 0 amide bonds. The number of methoxy groups -OCH3 is 2. The summed E-state index contributed by atoms with van der Waals surface area (Å²) in [6.07, 6.45) is -0.735. The Bertz CT molecular complexity index is 103. The molecule has 0 saturated carbocycles. The molecule has 0 bridgehead atoms. The molecule has 0 aliphatic heterocycles. The molecule has 0 saturated heterocycles. The molecule has 0 aromatic carbocycles. The van der Waals surface area contributed by atoms with E-state index >= 15 is 0 Å². The number of aliphatic hydroxyl groups is 2. The molecule has 74 valence electrons. The fourth-order valence-electron chi connectivity index (χ4n) is 0.863. The van der Waals surface area contributed by atoms with Gasteiger partial charge >= 0.3 is 0 Å². The van der Waals surface area contributed by atoms with Gasteiger partial charge in [0.15, 0.2) is 0 Å². The first-order valence-corrected chi connectivity index (χ1v) is 4.00. The Hall–Kier alpha value is -0.160. The van der Waals surface area contributed by atoms with Gasteiger partial charge in [0.2, 0.25) is 0 Å². The minimum absolute atomic E-state index is 0.0794. The molecular formula is C8H18O4. The van der Waals surface area contributed by atoms with Crippen molar-refractivity contribution >= 4 is 0 Å². The van der Waals surface area contributed by atoms with E-state index in [0.29, 0.717) is 6.42 Å². The predicted molar refractivity (Wildman–Crippen MR) is 45.0 cm³/mol. The van der Waals surface area contributed by atoms with E-state index in [1.807, 2.05) is 0 Å². The molecule has 0 radical (unpaired) electrons. The molecule has 2 N–H and O–H groups in total. The van der Waals surface area contributed by atoms with Crippen LogP contribution in [0.2, 0.25) is 0 Å². The van der Waals surface area contributed by atoms with Gasteiger partial charge in [0.1, 0.15) is 0 Å². The lowest BCUT2D eigenvalue weighted by Gasteiger charge is -2.21. The van der Waals surface area contributed by atoms with E-state index in [1.165, 1.54) is 14.2 Å². The summed E-state index contributed by atoms with van der Waals surface area (Å²) in [5.74, 6) is 0. The van der Waals surface area contributed by atoms with Crippen molar-refractivity contribution in [2.75, 3.05) is 20.8 Å². The van der Waals surface area contributed by atoms with Crippen molar-refractivity contribution in [3.05, 3.63) is 0 Å². The van der Waals surface area contributed by atoms with E-state index in [0.717, 1.165) is 0 Å². The van der Waals surface area contributed by atoms with Gasteiger partial charge in [-0.25, -0.2) is 0 Å². The fourth-order valence-corrected chi connectivity index (χ4v) is 0.863. The van der Waals surface area contributed by atoms with Crippen LogP contribution in [0.15, 0.2) is 0 Å². The van der Waals surface area contributed by atoms with Crippen LogP contribution < -0.4 is 0 Å². The first kappa shape index (κ1) is 11.8. The Morgan fingerprint density at radius 2 is 1.83 bits per heavy atom. The first-order valence-electron chi connectivity index (χ1n) is 4.00. The molecule has 0 spiro atoms. The van der Waals surface area contributed by atoms with Gasteiger partial charge in [-0.3, -0.25) is 0 Å². The number of aliphatic hydroxyl groups excluding tert-OH is 2. The number of ether oxygens (including phenoxy) is 2. The highest BCUT2D eigenvalue weighted by Gasteiger charge is 2.18. The quantitative estimate of drug-likeness (QED) is 0.590. The molecule has 0 unspecified atom stereocenters. The second-order valence-electron chi connectivity index (χ2n) is 2.78. The third-order valence-electron chi connectivity index (χ3n) is 1.95. The Morgan fingerprint density at radius 1 is 1.25 bits per heavy atom. The normalized spacial score (nSPS) is 18.8. The van der Waals surface area contributed by atoms with Crippen LogP contribution in [0, 0.1) is 0 Å². The lowest BCUT2D eigenvalue weighted by Crippen LogP contribution is -2.31. The predicted octanol–water partition coefficient (Wildman–Crippen LogP) is -0.220. The lowest BCUT2D eigenvalue weighted by atomic mass is 10.1. The van der Waals surface area contributed by atoms with E-state index in [9.17, 15) is 5.11 Å². The van der Waals surface area contributed by atoms with Crippen molar-refractivity contribution in [3.63, 3.8) is 0 Å². The van der Waals surface area contributed by atoms with E-state index < -0.39 is 6.10 Å². The van der Waals surface area contributed by atoms with Crippen molar-refractivity contribution in [1.82, 2.24) is 0 Å². The van der Waals surface area contributed by atoms with Gasteiger partial charge in [0, 0.05) is 20.6 Å². The highest BCUT2D eigenvalue weighted by Crippen LogP contribution is 2.07. The first-order chi connectivity index (χ1) is 5.65. The Balaban J connectivity index is 3.72. The minimum atomic E-state index is -0.591. The Labute approximate surface area is 73.1 Å². The van der Waals surface area contributed by atoms with E-state index in [2.05, 4.69) is 0 Å². The van der Waals surface area contributed by atoms with E-state index in [-0.39, 0.29) is 18.8 Å². The maximum absolute atomic E-state index is 9.43. The standard InChI is InChI=1S/C8H18O4/c1-6(11-2)8(10)4-7(5-9)12-3/h6-10H,4-5H2,1-3H3/t6-,7-,8+/m1/s1. The largest absolute Gasteiger partial charge is 0.394 e. The topological polar surface area (TPSA) is 58.9 Å². The van der Waals surface area contributed by atoms with Crippen LogP contribution in [0.25, 0.3) is 0 Å². The number of rotatable bonds is 6. The van der Waals surface area contributed by atoms with Crippen LogP contribution in [0.5, 0.6) is 0 Å². The highest BCUT2D eigenvalue weighted by molar-refractivity contribution is 4.69. The molecule has 4 nitrogen and oxygen atoms in total. The fraction of sp³-hybridized carbons (Fsp3) is 1.00. The van der Waals surface area contributed by atoms with Crippen molar-refractivity contribution in [2.45, 2.75) is 31.7 Å². The minimum Gasteiger partial charge on any atom is -0.394 e. The van der Waals surface area contributed by atoms with Gasteiger partial charge < -0.3 is 19.7 Å². The van der Waals surface area contributed by atoms with Gasteiger partial charge in [-0.15, -0.1) is 0 Å². The molecule has 0 rings (SSSR count). The maximum Gasteiger partial charge on any atom is 0.0827 e. The molecule has 0 heterocycles. The summed E-state index contributed by atoms with van der Waals surface area (Å²) in [5.41, 5.74) is 0. The zero-order valence-corrected chi connectivity index (χ0v) is 7.86. The van der Waals surface area contributed by atoms with Crippen LogP contribution in [0.1, 0.15) is 13.3 Å². The molecule has 0 aliphatic rings. The molecule has 0 fully saturated rings. The van der Waals surface area contributed by atoms with Crippen LogP contribution >= 0.6 is 0 Å². The van der Waals surface area contributed by atoms with Gasteiger partial charge in [0.25, 0.3) is 0 Å². The second-order valence-corrected chi connectivity index (χ2v) is 2.78. The smallest absolute Gasteiger partial charge is 0.0827 e. The summed E-state index contributed by atoms with van der Waals surface area (Å²) in [6.45, 7) is 1.69. The zero-order valence-electron chi connectivity index (χ0n) is 7.86. The van der Waals surface area contributed by atoms with Gasteiger partial charge in [-0.1, -0.05) is 0 Å². The maximum atomic E-state index is 9.43. The summed E-state index contributed by atoms with van der Waals surface area (Å²) in [6, 6.07) is 0. The van der Waals surface area contributed by atoms with E-state index in [1.54, 1.807) is 6.92 Å². The van der Waals surface area contributed by atoms with Gasteiger partial charge in [-0.05, 0) is 6.92 Å². The van der Waals surface area contributed by atoms with Crippen LogP contribution in [-0.2, 0) is 9.47 Å². The summed E-state index contributed by atoms with van der Waals surface area (Å²) in [7, 11) is 3.04. The summed E-state index contributed by atoms with van der Waals surface area (Å²) in [5, 5.41) is 18.2. The van der Waals surface area contributed by atoms with Crippen molar-refractivity contribution in [1.29, 1.82) is 0 Å². The average Bonchev–Trinajstić information content (AvgIpc) is 2.12. The van der Waals surface area contributed by atoms with Crippen molar-refractivity contribution in [2.24, 2.45) is 0 Å². The highest BCUT2D eigenvalue weighted by atomic mass is 16.5. The molecule has 4 heteroatoms. The second kappa shape index (κ2) is 6.37. The Kier molecular flexibility index (Phi) is 6.28. The Morgan fingerprint density at radius 3 is 2.17 bits per heavy atom. The van der Waals surface area contributed by atoms with Gasteiger partial charge in [0.05, 0.1) is 24.9 Å². The molecule has 12 heavy (non-hydrogen) atoms. The van der Waals surface area contributed by atoms with E-state index in [4.69, 9.17) is 14.6 Å². The van der Waals surface area contributed by atoms with Crippen LogP contribution in [0.4, 0.5) is 0 Å². The molecule has 0 aromatic rings. The van der Waals surface area contributed by atoms with Crippen molar-refractivity contribution in [3.8, 4) is 0 Å². The molecule has 0 aromatic heterocycles. The van der Waals surface area contributed by atoms with Crippen LogP contribution in [0.3, 0.4) is 0 Å². The number of hydrogen-bond acceptors (Lipinski definition) is 4. The third-order valence-corrected chi connectivity index (χ3v) is 1.95. The molecule has 0 aliphatic carbocycles. The third kappa shape index (κ3) is 4.01. The monoisotopic (exact) mass is 178 g/mol. The lowest BCUT2D eigenvalue weighted by molar-refractivity contribution is -0.0448. The average molecular weight is 178 g/mol. The van der Waals surface area contributed by atoms with Crippen molar-refractivity contribution < 1.29 is 19.7 Å².